The van der Waals surface area contributed by atoms with Gasteiger partial charge in [-0.05, 0) is 63.5 Å². The third-order valence-corrected chi connectivity index (χ3v) is 4.82. The number of hydrogen-bond donors (Lipinski definition) is 1. The summed E-state index contributed by atoms with van der Waals surface area (Å²) in [5, 5.41) is 0.313. The summed E-state index contributed by atoms with van der Waals surface area (Å²) in [4.78, 5) is 5.31. The third kappa shape index (κ3) is 3.76. The van der Waals surface area contributed by atoms with Gasteiger partial charge in [0.05, 0.1) is 16.9 Å². The number of rotatable bonds is 4. The molecule has 1 saturated heterocycles. The van der Waals surface area contributed by atoms with Gasteiger partial charge in [0.25, 0.3) is 0 Å². The van der Waals surface area contributed by atoms with Crippen LogP contribution in [0.2, 0.25) is 5.02 Å². The fourth-order valence-electron chi connectivity index (χ4n) is 2.40. The Kier molecular flexibility index (Phi) is 4.71. The van der Waals surface area contributed by atoms with E-state index in [-0.39, 0.29) is 5.75 Å². The maximum atomic E-state index is 13.8. The summed E-state index contributed by atoms with van der Waals surface area (Å²) in [5.74, 6) is -0.479. The van der Waals surface area contributed by atoms with Crippen molar-refractivity contribution in [1.82, 2.24) is 0 Å². The van der Waals surface area contributed by atoms with Crippen LogP contribution in [0.3, 0.4) is 0 Å². The average Bonchev–Trinajstić information content (AvgIpc) is 2.75. The Morgan fingerprint density at radius 1 is 1.04 bits per heavy atom. The fourth-order valence-corrected chi connectivity index (χ4v) is 2.56. The van der Waals surface area contributed by atoms with Crippen LogP contribution in [0.4, 0.5) is 10.1 Å². The summed E-state index contributed by atoms with van der Waals surface area (Å²) in [6, 6.07) is 11.6. The molecule has 2 aromatic carbocycles. The van der Waals surface area contributed by atoms with E-state index in [0.717, 1.165) is 5.46 Å². The van der Waals surface area contributed by atoms with Crippen molar-refractivity contribution in [3.63, 3.8) is 0 Å². The van der Waals surface area contributed by atoms with Gasteiger partial charge >= 0.3 is 7.12 Å². The number of hydrogen-bond acceptors (Lipinski definition) is 4. The molecule has 4 nitrogen and oxygen atoms in total. The molecule has 0 bridgehead atoms. The quantitative estimate of drug-likeness (QED) is 0.653. The van der Waals surface area contributed by atoms with Crippen molar-refractivity contribution in [2.45, 2.75) is 38.9 Å². The van der Waals surface area contributed by atoms with E-state index >= 15 is 0 Å². The molecule has 3 rings (SSSR count). The molecule has 0 aromatic heterocycles. The summed E-state index contributed by atoms with van der Waals surface area (Å²) in [6.07, 6.45) is 0. The highest BCUT2D eigenvalue weighted by molar-refractivity contribution is 6.62. The molecule has 25 heavy (non-hydrogen) atoms. The zero-order valence-corrected chi connectivity index (χ0v) is 15.4. The van der Waals surface area contributed by atoms with E-state index in [1.165, 1.54) is 12.1 Å². The summed E-state index contributed by atoms with van der Waals surface area (Å²) >= 11 is 5.73. The molecule has 0 saturated carbocycles. The molecule has 0 atom stereocenters. The van der Waals surface area contributed by atoms with Crippen molar-refractivity contribution in [2.75, 3.05) is 5.48 Å². The van der Waals surface area contributed by atoms with Crippen LogP contribution in [0.25, 0.3) is 0 Å². The van der Waals surface area contributed by atoms with Crippen LogP contribution in [0.15, 0.2) is 42.5 Å². The molecule has 7 heteroatoms. The predicted octanol–water partition coefficient (Wildman–Crippen LogP) is 4.18. The van der Waals surface area contributed by atoms with Gasteiger partial charge in [-0.25, -0.2) is 9.87 Å². The molecule has 0 unspecified atom stereocenters. The Labute approximate surface area is 152 Å². The highest BCUT2D eigenvalue weighted by atomic mass is 35.5. The van der Waals surface area contributed by atoms with Crippen molar-refractivity contribution in [2.24, 2.45) is 0 Å². The number of halogens is 2. The molecule has 0 spiro atoms. The van der Waals surface area contributed by atoms with Crippen LogP contribution in [-0.4, -0.2) is 18.3 Å². The zero-order chi connectivity index (χ0) is 18.2. The summed E-state index contributed by atoms with van der Waals surface area (Å²) in [5.41, 5.74) is 3.41. The molecule has 1 aliphatic heterocycles. The van der Waals surface area contributed by atoms with Crippen molar-refractivity contribution in [3.8, 4) is 5.75 Å². The van der Waals surface area contributed by atoms with E-state index in [4.69, 9.17) is 25.7 Å². The van der Waals surface area contributed by atoms with Crippen LogP contribution in [0.5, 0.6) is 5.75 Å². The lowest BCUT2D eigenvalue weighted by Crippen LogP contribution is -2.41. The van der Waals surface area contributed by atoms with Crippen LogP contribution in [-0.2, 0) is 9.31 Å². The Bertz CT molecular complexity index is 769. The van der Waals surface area contributed by atoms with E-state index in [2.05, 4.69) is 5.48 Å². The lowest BCUT2D eigenvalue weighted by molar-refractivity contribution is 0.00578. The molecular formula is C18H20BClFNO3. The van der Waals surface area contributed by atoms with Crippen molar-refractivity contribution >= 4 is 29.9 Å². The SMILES string of the molecule is CC1(C)OB(c2cccc(NOc3ccc(Cl)cc3F)c2)OC1(C)C. The second kappa shape index (κ2) is 6.52. The Morgan fingerprint density at radius 2 is 1.72 bits per heavy atom. The summed E-state index contributed by atoms with van der Waals surface area (Å²) < 4.78 is 25.8. The van der Waals surface area contributed by atoms with E-state index in [1.54, 1.807) is 6.07 Å². The minimum Gasteiger partial charge on any atom is -0.399 e. The van der Waals surface area contributed by atoms with E-state index < -0.39 is 24.1 Å². The first-order valence-electron chi connectivity index (χ1n) is 8.01. The maximum absolute atomic E-state index is 13.8. The summed E-state index contributed by atoms with van der Waals surface area (Å²) in [7, 11) is -0.473. The highest BCUT2D eigenvalue weighted by Gasteiger charge is 2.51. The topological polar surface area (TPSA) is 39.7 Å². The number of benzene rings is 2. The van der Waals surface area contributed by atoms with Gasteiger partial charge in [0.1, 0.15) is 0 Å². The van der Waals surface area contributed by atoms with Gasteiger partial charge in [0.2, 0.25) is 0 Å². The lowest BCUT2D eigenvalue weighted by Gasteiger charge is -2.32. The lowest BCUT2D eigenvalue weighted by atomic mass is 9.79. The first kappa shape index (κ1) is 18.0. The Hall–Kier alpha value is -1.76. The second-order valence-electron chi connectivity index (χ2n) is 6.99. The van der Waals surface area contributed by atoms with Crippen LogP contribution >= 0.6 is 11.6 Å². The molecular weight excluding hydrogens is 343 g/mol. The molecule has 1 fully saturated rings. The van der Waals surface area contributed by atoms with Gasteiger partial charge in [-0.3, -0.25) is 0 Å². The summed E-state index contributed by atoms with van der Waals surface area (Å²) in [6.45, 7) is 8.01. The molecule has 1 aliphatic rings. The number of anilines is 1. The van der Waals surface area contributed by atoms with Crippen molar-refractivity contribution in [3.05, 3.63) is 53.3 Å². The molecule has 0 amide bonds. The maximum Gasteiger partial charge on any atom is 0.494 e. The molecule has 2 aromatic rings. The molecule has 1 heterocycles. The standard InChI is InChI=1S/C18H20BClFNO3/c1-17(2)18(3,4)25-19(24-17)12-6-5-7-14(10-12)22-23-16-9-8-13(20)11-15(16)21/h5-11,22H,1-4H3. The molecule has 1 N–H and O–H groups in total. The first-order valence-corrected chi connectivity index (χ1v) is 8.39. The number of nitrogens with one attached hydrogen (secondary N) is 1. The van der Waals surface area contributed by atoms with Gasteiger partial charge in [-0.15, -0.1) is 0 Å². The van der Waals surface area contributed by atoms with Gasteiger partial charge in [0.15, 0.2) is 11.6 Å². The molecule has 132 valence electrons. The zero-order valence-electron chi connectivity index (χ0n) is 14.6. The van der Waals surface area contributed by atoms with Crippen LogP contribution in [0, 0.1) is 5.82 Å². The van der Waals surface area contributed by atoms with Crippen molar-refractivity contribution < 1.29 is 18.5 Å². The third-order valence-electron chi connectivity index (χ3n) is 4.58. The Balaban J connectivity index is 1.72. The van der Waals surface area contributed by atoms with Crippen molar-refractivity contribution in [1.29, 1.82) is 0 Å². The second-order valence-corrected chi connectivity index (χ2v) is 7.43. The van der Waals surface area contributed by atoms with Crippen LogP contribution < -0.4 is 15.8 Å². The van der Waals surface area contributed by atoms with Gasteiger partial charge in [0, 0.05) is 5.02 Å². The normalized spacial score (nSPS) is 18.2. The molecule has 0 radical (unpaired) electrons. The van der Waals surface area contributed by atoms with E-state index in [9.17, 15) is 4.39 Å². The predicted molar refractivity (Wildman–Crippen MR) is 97.8 cm³/mol. The highest BCUT2D eigenvalue weighted by Crippen LogP contribution is 2.36. The fraction of sp³-hybridized carbons (Fsp3) is 0.333. The van der Waals surface area contributed by atoms with E-state index in [1.807, 2.05) is 52.0 Å². The largest absolute Gasteiger partial charge is 0.494 e. The minimum absolute atomic E-state index is 0.0606. The Morgan fingerprint density at radius 3 is 2.36 bits per heavy atom. The average molecular weight is 364 g/mol. The van der Waals surface area contributed by atoms with Gasteiger partial charge < -0.3 is 14.1 Å². The molecule has 0 aliphatic carbocycles. The van der Waals surface area contributed by atoms with E-state index in [0.29, 0.717) is 10.7 Å². The first-order chi connectivity index (χ1) is 11.7. The van der Waals surface area contributed by atoms with Crippen LogP contribution in [0.1, 0.15) is 27.7 Å². The monoisotopic (exact) mass is 363 g/mol. The van der Waals surface area contributed by atoms with Gasteiger partial charge in [-0.1, -0.05) is 23.7 Å². The van der Waals surface area contributed by atoms with Gasteiger partial charge in [-0.2, -0.15) is 0 Å². The smallest absolute Gasteiger partial charge is 0.399 e. The minimum atomic E-state index is -0.540.